The number of hydrogen-bond acceptors (Lipinski definition) is 4. The van der Waals surface area contributed by atoms with E-state index in [2.05, 4.69) is 5.32 Å². The molecule has 0 aliphatic carbocycles. The molecule has 0 saturated carbocycles. The zero-order chi connectivity index (χ0) is 26.9. The van der Waals surface area contributed by atoms with Crippen molar-refractivity contribution in [3.05, 3.63) is 129 Å². The van der Waals surface area contributed by atoms with Crippen LogP contribution in [0.3, 0.4) is 0 Å². The molecule has 0 saturated heterocycles. The molecule has 4 rings (SSSR count). The van der Waals surface area contributed by atoms with E-state index < -0.39 is 5.91 Å². The van der Waals surface area contributed by atoms with Crippen LogP contribution in [-0.2, 0) is 18.0 Å². The number of rotatable bonds is 9. The van der Waals surface area contributed by atoms with E-state index in [0.717, 1.165) is 16.7 Å². The predicted octanol–water partition coefficient (Wildman–Crippen LogP) is 8.01. The topological polar surface area (TPSA) is 71.3 Å². The summed E-state index contributed by atoms with van der Waals surface area (Å²) >= 11 is 12.8. The van der Waals surface area contributed by atoms with Gasteiger partial charge in [0.2, 0.25) is 0 Å². The fourth-order valence-electron chi connectivity index (χ4n) is 3.65. The number of ether oxygens (including phenoxy) is 2. The first-order valence-electron chi connectivity index (χ1n) is 11.8. The minimum atomic E-state index is -0.558. The Balaban J connectivity index is 1.39. The molecule has 1 amide bonds. The number of anilines is 1. The van der Waals surface area contributed by atoms with Crippen molar-refractivity contribution in [3.63, 3.8) is 0 Å². The number of carbonyl (C=O) groups is 1. The van der Waals surface area contributed by atoms with Crippen LogP contribution in [0, 0.1) is 18.3 Å². The van der Waals surface area contributed by atoms with Crippen molar-refractivity contribution in [3.8, 4) is 17.6 Å². The minimum absolute atomic E-state index is 0.102. The van der Waals surface area contributed by atoms with Gasteiger partial charge < -0.3 is 14.8 Å². The van der Waals surface area contributed by atoms with E-state index in [-0.39, 0.29) is 15.6 Å². The zero-order valence-electron chi connectivity index (χ0n) is 20.6. The van der Waals surface area contributed by atoms with Gasteiger partial charge in [-0.15, -0.1) is 0 Å². The number of carbonyl (C=O) groups excluding carboxylic acids is 1. The van der Waals surface area contributed by atoms with E-state index in [1.807, 2.05) is 67.6 Å². The van der Waals surface area contributed by atoms with E-state index in [1.165, 1.54) is 6.08 Å². The van der Waals surface area contributed by atoms with Gasteiger partial charge >= 0.3 is 0 Å². The molecule has 0 aromatic heterocycles. The number of nitrogens with zero attached hydrogens (tertiary/aromatic N) is 1. The van der Waals surface area contributed by atoms with Crippen molar-refractivity contribution in [2.45, 2.75) is 20.1 Å². The van der Waals surface area contributed by atoms with Crippen LogP contribution in [0.4, 0.5) is 5.69 Å². The lowest BCUT2D eigenvalue weighted by atomic mass is 10.1. The third kappa shape index (κ3) is 7.39. The Bertz CT molecular complexity index is 1470. The SMILES string of the molecule is Cc1cccc(COc2c(Cl)cc(/C=C(\C#N)C(=O)Nc3ccc(OCc4ccccc4)cc3)cc2Cl)c1. The van der Waals surface area contributed by atoms with Crippen LogP contribution in [0.2, 0.25) is 10.0 Å². The van der Waals surface area contributed by atoms with Crippen molar-refractivity contribution < 1.29 is 14.3 Å². The normalized spacial score (nSPS) is 10.9. The van der Waals surface area contributed by atoms with Crippen molar-refractivity contribution in [1.82, 2.24) is 0 Å². The number of nitrogens with one attached hydrogen (secondary N) is 1. The van der Waals surface area contributed by atoms with Gasteiger partial charge in [-0.1, -0.05) is 83.4 Å². The van der Waals surface area contributed by atoms with Gasteiger partial charge in [-0.25, -0.2) is 0 Å². The fourth-order valence-corrected chi connectivity index (χ4v) is 4.26. The van der Waals surface area contributed by atoms with Crippen LogP contribution >= 0.6 is 23.2 Å². The third-order valence-electron chi connectivity index (χ3n) is 5.52. The van der Waals surface area contributed by atoms with Gasteiger partial charge in [0, 0.05) is 5.69 Å². The molecule has 4 aromatic rings. The summed E-state index contributed by atoms with van der Waals surface area (Å²) in [6.07, 6.45) is 1.43. The highest BCUT2D eigenvalue weighted by Crippen LogP contribution is 2.35. The highest BCUT2D eigenvalue weighted by molar-refractivity contribution is 6.37. The van der Waals surface area contributed by atoms with E-state index in [0.29, 0.717) is 36.0 Å². The highest BCUT2D eigenvalue weighted by Gasteiger charge is 2.13. The molecule has 0 bridgehead atoms. The number of hydrogen-bond donors (Lipinski definition) is 1. The van der Waals surface area contributed by atoms with Crippen molar-refractivity contribution >= 4 is 40.9 Å². The molecular formula is C31H24Cl2N2O3. The van der Waals surface area contributed by atoms with Crippen LogP contribution in [0.5, 0.6) is 11.5 Å². The zero-order valence-corrected chi connectivity index (χ0v) is 22.1. The number of halogens is 2. The van der Waals surface area contributed by atoms with Gasteiger partial charge in [-0.05, 0) is 66.1 Å². The maximum absolute atomic E-state index is 12.7. The average Bonchev–Trinajstić information content (AvgIpc) is 2.91. The molecule has 0 heterocycles. The van der Waals surface area contributed by atoms with E-state index in [9.17, 15) is 10.1 Å². The molecule has 7 heteroatoms. The molecular weight excluding hydrogens is 519 g/mol. The molecule has 0 radical (unpaired) electrons. The lowest BCUT2D eigenvalue weighted by molar-refractivity contribution is -0.112. The van der Waals surface area contributed by atoms with Crippen LogP contribution in [0.1, 0.15) is 22.3 Å². The summed E-state index contributed by atoms with van der Waals surface area (Å²) in [5, 5.41) is 12.9. The Morgan fingerprint density at radius 3 is 2.18 bits per heavy atom. The first-order chi connectivity index (χ1) is 18.4. The van der Waals surface area contributed by atoms with Crippen LogP contribution < -0.4 is 14.8 Å². The minimum Gasteiger partial charge on any atom is -0.489 e. The first kappa shape index (κ1) is 26.8. The van der Waals surface area contributed by atoms with Gasteiger partial charge in [0.05, 0.1) is 10.0 Å². The summed E-state index contributed by atoms with van der Waals surface area (Å²) in [5.41, 5.74) is 4.09. The second kappa shape index (κ2) is 12.8. The Labute approximate surface area is 231 Å². The van der Waals surface area contributed by atoms with E-state index in [4.69, 9.17) is 32.7 Å². The Kier molecular flexibility index (Phi) is 9.05. The number of aryl methyl sites for hydroxylation is 1. The van der Waals surface area contributed by atoms with Crippen LogP contribution in [0.15, 0.2) is 96.6 Å². The largest absolute Gasteiger partial charge is 0.489 e. The van der Waals surface area contributed by atoms with Crippen molar-refractivity contribution in [2.24, 2.45) is 0 Å². The monoisotopic (exact) mass is 542 g/mol. The summed E-state index contributed by atoms with van der Waals surface area (Å²) in [7, 11) is 0. The highest BCUT2D eigenvalue weighted by atomic mass is 35.5. The molecule has 5 nitrogen and oxygen atoms in total. The van der Waals surface area contributed by atoms with Crippen LogP contribution in [-0.4, -0.2) is 5.91 Å². The molecule has 0 unspecified atom stereocenters. The molecule has 4 aromatic carbocycles. The van der Waals surface area contributed by atoms with Crippen molar-refractivity contribution in [1.29, 1.82) is 5.26 Å². The second-order valence-corrected chi connectivity index (χ2v) is 9.33. The Morgan fingerprint density at radius 1 is 0.868 bits per heavy atom. The van der Waals surface area contributed by atoms with Gasteiger partial charge in [0.15, 0.2) is 5.75 Å². The molecule has 0 aliphatic heterocycles. The smallest absolute Gasteiger partial charge is 0.266 e. The average molecular weight is 543 g/mol. The fraction of sp³-hybridized carbons (Fsp3) is 0.0968. The molecule has 0 atom stereocenters. The summed E-state index contributed by atoms with van der Waals surface area (Å²) in [4.78, 5) is 12.7. The first-order valence-corrected chi connectivity index (χ1v) is 12.5. The van der Waals surface area contributed by atoms with Gasteiger partial charge in [0.25, 0.3) is 5.91 Å². The van der Waals surface area contributed by atoms with E-state index >= 15 is 0 Å². The summed E-state index contributed by atoms with van der Waals surface area (Å²) in [6, 6.07) is 29.8. The number of nitriles is 1. The standard InChI is InChI=1S/C31H24Cl2N2O3/c1-21-6-5-9-23(14-21)20-38-30-28(32)16-24(17-29(30)33)15-25(18-34)31(36)35-26-10-12-27(13-11-26)37-19-22-7-3-2-4-8-22/h2-17H,19-20H2,1H3,(H,35,36)/b25-15+. The maximum atomic E-state index is 12.7. The van der Waals surface area contributed by atoms with Crippen molar-refractivity contribution in [2.75, 3.05) is 5.32 Å². The quantitative estimate of drug-likeness (QED) is 0.172. The van der Waals surface area contributed by atoms with Crippen LogP contribution in [0.25, 0.3) is 6.08 Å². The molecule has 190 valence electrons. The Hall–Kier alpha value is -4.24. The molecule has 0 aliphatic rings. The molecule has 0 spiro atoms. The Morgan fingerprint density at radius 2 is 1.53 bits per heavy atom. The summed E-state index contributed by atoms with van der Waals surface area (Å²) in [6.45, 7) is 2.75. The lowest BCUT2D eigenvalue weighted by Crippen LogP contribution is -2.13. The molecule has 38 heavy (non-hydrogen) atoms. The molecule has 1 N–H and O–H groups in total. The third-order valence-corrected chi connectivity index (χ3v) is 6.08. The summed E-state index contributed by atoms with van der Waals surface area (Å²) in [5.74, 6) is 0.443. The van der Waals surface area contributed by atoms with Gasteiger partial charge in [-0.3, -0.25) is 4.79 Å². The summed E-state index contributed by atoms with van der Waals surface area (Å²) < 4.78 is 11.6. The lowest BCUT2D eigenvalue weighted by Gasteiger charge is -2.12. The second-order valence-electron chi connectivity index (χ2n) is 8.51. The van der Waals surface area contributed by atoms with E-state index in [1.54, 1.807) is 36.4 Å². The number of amides is 1. The van der Waals surface area contributed by atoms with Gasteiger partial charge in [-0.2, -0.15) is 5.26 Å². The van der Waals surface area contributed by atoms with Gasteiger partial charge in [0.1, 0.15) is 30.6 Å². The number of benzene rings is 4. The predicted molar refractivity (Wildman–Crippen MR) is 151 cm³/mol. The molecule has 0 fully saturated rings. The maximum Gasteiger partial charge on any atom is 0.266 e.